The van der Waals surface area contributed by atoms with Gasteiger partial charge in [-0.2, -0.15) is 13.2 Å². The summed E-state index contributed by atoms with van der Waals surface area (Å²) in [6.45, 7) is 0.998. The Morgan fingerprint density at radius 3 is 2.33 bits per heavy atom. The Hall–Kier alpha value is -1.23. The molecular weight excluding hydrogens is 233 g/mol. The molecule has 15 heavy (non-hydrogen) atoms. The zero-order valence-electron chi connectivity index (χ0n) is 7.52. The maximum atomic E-state index is 12.5. The third kappa shape index (κ3) is 2.23. The lowest BCUT2D eigenvalue weighted by molar-refractivity contribution is -0.137. The van der Waals surface area contributed by atoms with Gasteiger partial charge in [-0.3, -0.25) is 4.79 Å². The van der Waals surface area contributed by atoms with Crippen molar-refractivity contribution in [2.24, 2.45) is 0 Å². The quantitative estimate of drug-likeness (QED) is 0.763. The molecule has 1 N–H and O–H groups in total. The predicted molar refractivity (Wildman–Crippen MR) is 48.1 cm³/mol. The Morgan fingerprint density at radius 2 is 1.93 bits per heavy atom. The molecule has 0 aromatic heterocycles. The van der Waals surface area contributed by atoms with Crippen LogP contribution in [0.25, 0.3) is 0 Å². The molecule has 0 saturated carbocycles. The third-order valence-electron chi connectivity index (χ3n) is 1.78. The molecule has 6 heteroatoms. The van der Waals surface area contributed by atoms with Gasteiger partial charge in [0.2, 0.25) is 0 Å². The van der Waals surface area contributed by atoms with Gasteiger partial charge in [0.25, 0.3) is 0 Å². The summed E-state index contributed by atoms with van der Waals surface area (Å²) in [7, 11) is 0. The fourth-order valence-electron chi connectivity index (χ4n) is 1.14. The first kappa shape index (κ1) is 11.8. The Balaban J connectivity index is 3.57. The maximum absolute atomic E-state index is 12.5. The van der Waals surface area contributed by atoms with Gasteiger partial charge < -0.3 is 5.11 Å². The van der Waals surface area contributed by atoms with Gasteiger partial charge in [-0.1, -0.05) is 11.6 Å². The summed E-state index contributed by atoms with van der Waals surface area (Å²) >= 11 is 5.30. The van der Waals surface area contributed by atoms with Crippen molar-refractivity contribution in [2.45, 2.75) is 13.1 Å². The number of halogens is 4. The summed E-state index contributed by atoms with van der Waals surface area (Å²) in [6.07, 6.45) is -4.77. The summed E-state index contributed by atoms with van der Waals surface area (Å²) in [5, 5.41) is 8.17. The second-order valence-corrected chi connectivity index (χ2v) is 3.25. The molecule has 0 radical (unpaired) electrons. The lowest BCUT2D eigenvalue weighted by atomic mass is 10.0. The van der Waals surface area contributed by atoms with Crippen LogP contribution in [-0.2, 0) is 6.18 Å². The molecule has 2 nitrogen and oxygen atoms in total. The number of aromatic hydroxyl groups is 1. The van der Waals surface area contributed by atoms with Crippen molar-refractivity contribution in [1.82, 2.24) is 0 Å². The summed E-state index contributed by atoms with van der Waals surface area (Å²) in [5.74, 6) is -1.46. The summed E-state index contributed by atoms with van der Waals surface area (Å²) in [5.41, 5.74) is -1.85. The third-order valence-corrected chi connectivity index (χ3v) is 2.17. The van der Waals surface area contributed by atoms with Gasteiger partial charge in [-0.05, 0) is 19.1 Å². The van der Waals surface area contributed by atoms with Crippen LogP contribution in [0.4, 0.5) is 13.2 Å². The zero-order chi connectivity index (χ0) is 11.8. The monoisotopic (exact) mass is 238 g/mol. The summed E-state index contributed by atoms with van der Waals surface area (Å²) in [6, 6.07) is 1.85. The number of ketones is 1. The molecule has 0 aliphatic rings. The number of phenols is 1. The SMILES string of the molecule is CC(=O)c1ccc(O)c(Cl)c1C(F)(F)F. The van der Waals surface area contributed by atoms with Gasteiger partial charge in [-0.25, -0.2) is 0 Å². The average Bonchev–Trinajstić information content (AvgIpc) is 2.06. The fraction of sp³-hybridized carbons (Fsp3) is 0.222. The highest BCUT2D eigenvalue weighted by Crippen LogP contribution is 2.41. The smallest absolute Gasteiger partial charge is 0.418 e. The largest absolute Gasteiger partial charge is 0.506 e. The van der Waals surface area contributed by atoms with Crippen molar-refractivity contribution in [3.05, 3.63) is 28.3 Å². The van der Waals surface area contributed by atoms with Gasteiger partial charge in [-0.15, -0.1) is 0 Å². The summed E-state index contributed by atoms with van der Waals surface area (Å²) in [4.78, 5) is 10.9. The van der Waals surface area contributed by atoms with Gasteiger partial charge in [0.05, 0.1) is 10.6 Å². The Kier molecular flexibility index (Phi) is 2.95. The number of rotatable bonds is 1. The molecule has 0 amide bonds. The van der Waals surface area contributed by atoms with E-state index in [4.69, 9.17) is 16.7 Å². The number of Topliss-reactive ketones (excluding diaryl/α,β-unsaturated/α-hetero) is 1. The highest BCUT2D eigenvalue weighted by atomic mass is 35.5. The molecule has 1 rings (SSSR count). The second-order valence-electron chi connectivity index (χ2n) is 2.88. The minimum absolute atomic E-state index is 0.551. The van der Waals surface area contributed by atoms with E-state index in [1.54, 1.807) is 0 Å². The molecule has 0 bridgehead atoms. The van der Waals surface area contributed by atoms with Crippen LogP contribution in [0.3, 0.4) is 0 Å². The van der Waals surface area contributed by atoms with E-state index in [0.717, 1.165) is 19.1 Å². The minimum Gasteiger partial charge on any atom is -0.506 e. The Labute approximate surface area is 88.3 Å². The van der Waals surface area contributed by atoms with E-state index in [0.29, 0.717) is 0 Å². The molecule has 0 fully saturated rings. The van der Waals surface area contributed by atoms with Gasteiger partial charge in [0.15, 0.2) is 5.78 Å². The average molecular weight is 239 g/mol. The van der Waals surface area contributed by atoms with Crippen molar-refractivity contribution >= 4 is 17.4 Å². The van der Waals surface area contributed by atoms with Crippen LogP contribution in [0, 0.1) is 0 Å². The standard InChI is InChI=1S/C9H6ClF3O2/c1-4(14)5-2-3-6(15)8(10)7(5)9(11,12)13/h2-3,15H,1H3. The van der Waals surface area contributed by atoms with E-state index in [2.05, 4.69) is 0 Å². The number of phenolic OH excluding ortho intramolecular Hbond substituents is 1. The lowest BCUT2D eigenvalue weighted by Crippen LogP contribution is -2.12. The van der Waals surface area contributed by atoms with Crippen LogP contribution in [0.5, 0.6) is 5.75 Å². The van der Waals surface area contributed by atoms with Crippen LogP contribution in [0.1, 0.15) is 22.8 Å². The first-order chi connectivity index (χ1) is 6.75. The van der Waals surface area contributed by atoms with E-state index >= 15 is 0 Å². The molecule has 0 saturated heterocycles. The van der Waals surface area contributed by atoms with E-state index in [9.17, 15) is 18.0 Å². The molecule has 0 unspecified atom stereocenters. The molecule has 0 aliphatic carbocycles. The highest BCUT2D eigenvalue weighted by Gasteiger charge is 2.38. The molecule has 1 aromatic carbocycles. The molecule has 82 valence electrons. The minimum atomic E-state index is -4.77. The van der Waals surface area contributed by atoms with Crippen LogP contribution >= 0.6 is 11.6 Å². The highest BCUT2D eigenvalue weighted by molar-refractivity contribution is 6.33. The van der Waals surface area contributed by atoms with Crippen molar-refractivity contribution in [3.63, 3.8) is 0 Å². The van der Waals surface area contributed by atoms with E-state index in [1.807, 2.05) is 0 Å². The molecule has 0 atom stereocenters. The number of hydrogen-bond donors (Lipinski definition) is 1. The van der Waals surface area contributed by atoms with Crippen molar-refractivity contribution < 1.29 is 23.1 Å². The Bertz CT molecular complexity index is 413. The first-order valence-electron chi connectivity index (χ1n) is 3.84. The van der Waals surface area contributed by atoms with Crippen LogP contribution in [-0.4, -0.2) is 10.9 Å². The van der Waals surface area contributed by atoms with Crippen LogP contribution < -0.4 is 0 Å². The zero-order valence-corrected chi connectivity index (χ0v) is 8.28. The first-order valence-corrected chi connectivity index (χ1v) is 4.22. The normalized spacial score (nSPS) is 11.5. The topological polar surface area (TPSA) is 37.3 Å². The van der Waals surface area contributed by atoms with E-state index in [-0.39, 0.29) is 0 Å². The van der Waals surface area contributed by atoms with Crippen molar-refractivity contribution in [3.8, 4) is 5.75 Å². The maximum Gasteiger partial charge on any atom is 0.418 e. The molecule has 1 aromatic rings. The molecular formula is C9H6ClF3O2. The molecule has 0 aliphatic heterocycles. The molecule has 0 spiro atoms. The van der Waals surface area contributed by atoms with Crippen LogP contribution in [0.2, 0.25) is 5.02 Å². The number of alkyl halides is 3. The number of benzene rings is 1. The fourth-order valence-corrected chi connectivity index (χ4v) is 1.41. The number of hydrogen-bond acceptors (Lipinski definition) is 2. The number of carbonyl (C=O) groups excluding carboxylic acids is 1. The lowest BCUT2D eigenvalue weighted by Gasteiger charge is -2.13. The van der Waals surface area contributed by atoms with Crippen molar-refractivity contribution in [1.29, 1.82) is 0 Å². The molecule has 0 heterocycles. The Morgan fingerprint density at radius 1 is 1.40 bits per heavy atom. The van der Waals surface area contributed by atoms with Gasteiger partial charge >= 0.3 is 6.18 Å². The van der Waals surface area contributed by atoms with Crippen LogP contribution in [0.15, 0.2) is 12.1 Å². The number of carbonyl (C=O) groups is 1. The van der Waals surface area contributed by atoms with Gasteiger partial charge in [0, 0.05) is 5.56 Å². The summed E-state index contributed by atoms with van der Waals surface area (Å²) < 4.78 is 37.5. The van der Waals surface area contributed by atoms with Crippen molar-refractivity contribution in [2.75, 3.05) is 0 Å². The second kappa shape index (κ2) is 3.73. The predicted octanol–water partition coefficient (Wildman–Crippen LogP) is 3.27. The van der Waals surface area contributed by atoms with E-state index < -0.39 is 33.9 Å². The van der Waals surface area contributed by atoms with Gasteiger partial charge in [0.1, 0.15) is 5.75 Å². The van der Waals surface area contributed by atoms with E-state index in [1.165, 1.54) is 0 Å².